The molecular weight excluding hydrogens is 320 g/mol. The van der Waals surface area contributed by atoms with Crippen LogP contribution in [0.1, 0.15) is 12.5 Å². The molecule has 5 nitrogen and oxygen atoms in total. The molecule has 2 N–H and O–H groups in total. The van der Waals surface area contributed by atoms with Gasteiger partial charge in [-0.3, -0.25) is 9.69 Å². The van der Waals surface area contributed by atoms with Gasteiger partial charge < -0.3 is 10.4 Å². The molecule has 0 radical (unpaired) electrons. The number of carbonyl (C=O) groups excluding carboxylic acids is 1. The molecule has 0 bridgehead atoms. The molecule has 2 unspecified atom stereocenters. The Hall–Kier alpha value is -1.86. The van der Waals surface area contributed by atoms with Crippen molar-refractivity contribution in [2.75, 3.05) is 0 Å². The highest BCUT2D eigenvalue weighted by Gasteiger charge is 2.47. The van der Waals surface area contributed by atoms with Crippen molar-refractivity contribution in [3.05, 3.63) is 46.4 Å². The molecule has 0 aromatic heterocycles. The van der Waals surface area contributed by atoms with E-state index in [0.29, 0.717) is 17.2 Å². The van der Waals surface area contributed by atoms with Crippen molar-refractivity contribution >= 4 is 41.0 Å². The highest BCUT2D eigenvalue weighted by atomic mass is 32.2. The molecule has 114 valence electrons. The van der Waals surface area contributed by atoms with Gasteiger partial charge in [-0.25, -0.2) is 4.79 Å². The molecule has 22 heavy (non-hydrogen) atoms. The number of rotatable bonds is 3. The van der Waals surface area contributed by atoms with Crippen molar-refractivity contribution in [3.8, 4) is 0 Å². The third-order valence-electron chi connectivity index (χ3n) is 3.79. The van der Waals surface area contributed by atoms with Crippen LogP contribution in [0.25, 0.3) is 0 Å². The summed E-state index contributed by atoms with van der Waals surface area (Å²) in [7, 11) is 0. The Morgan fingerprint density at radius 2 is 2.09 bits per heavy atom. The van der Waals surface area contributed by atoms with E-state index in [1.807, 2.05) is 30.3 Å². The summed E-state index contributed by atoms with van der Waals surface area (Å²) >= 11 is 6.45. The van der Waals surface area contributed by atoms with Crippen LogP contribution in [0, 0.1) is 5.92 Å². The van der Waals surface area contributed by atoms with Crippen molar-refractivity contribution in [1.82, 2.24) is 10.2 Å². The normalized spacial score (nSPS) is 24.3. The molecular formula is C15H14N2O3S2. The summed E-state index contributed by atoms with van der Waals surface area (Å²) in [5.41, 5.74) is 1.57. The minimum Gasteiger partial charge on any atom is -0.477 e. The Kier molecular flexibility index (Phi) is 3.92. The zero-order valence-corrected chi connectivity index (χ0v) is 13.4. The number of carbonyl (C=O) groups is 2. The van der Waals surface area contributed by atoms with Gasteiger partial charge in [0.2, 0.25) is 5.91 Å². The van der Waals surface area contributed by atoms with E-state index in [0.717, 1.165) is 17.3 Å². The fraction of sp³-hybridized carbons (Fsp3) is 0.267. The third kappa shape index (κ3) is 2.50. The first-order chi connectivity index (χ1) is 10.5. The van der Waals surface area contributed by atoms with Gasteiger partial charge in [0.25, 0.3) is 0 Å². The lowest BCUT2D eigenvalue weighted by Crippen LogP contribution is -2.57. The van der Waals surface area contributed by atoms with Gasteiger partial charge in [-0.15, -0.1) is 0 Å². The van der Waals surface area contributed by atoms with Gasteiger partial charge in [0.05, 0.1) is 22.7 Å². The number of thiocarbonyl (C=S) groups is 1. The van der Waals surface area contributed by atoms with Gasteiger partial charge >= 0.3 is 5.97 Å². The lowest BCUT2D eigenvalue weighted by atomic mass is 9.96. The molecule has 1 amide bonds. The molecule has 1 aromatic carbocycles. The standard InChI is InChI=1S/C15H14N2O3S2/c1-8-10-12(22-11(8)14(19)20)16-15(21)17(13(10)18)7-9-5-3-2-4-6-9/h2-6,10,12H,7H2,1H3,(H,16,21)(H,19,20). The van der Waals surface area contributed by atoms with Crippen molar-refractivity contribution in [2.45, 2.75) is 18.8 Å². The smallest absolute Gasteiger partial charge is 0.342 e. The third-order valence-corrected chi connectivity index (χ3v) is 5.51. The zero-order valence-electron chi connectivity index (χ0n) is 11.8. The summed E-state index contributed by atoms with van der Waals surface area (Å²) in [6.45, 7) is 2.09. The van der Waals surface area contributed by atoms with Gasteiger partial charge in [-0.1, -0.05) is 42.1 Å². The topological polar surface area (TPSA) is 69.6 Å². The van der Waals surface area contributed by atoms with Crippen LogP contribution >= 0.6 is 24.0 Å². The Balaban J connectivity index is 1.87. The Labute approximate surface area is 137 Å². The number of carboxylic acids is 1. The fourth-order valence-electron chi connectivity index (χ4n) is 2.69. The summed E-state index contributed by atoms with van der Waals surface area (Å²) in [4.78, 5) is 25.8. The number of carboxylic acid groups (broad SMARTS) is 1. The van der Waals surface area contributed by atoms with E-state index in [4.69, 9.17) is 12.2 Å². The molecule has 0 aliphatic carbocycles. The van der Waals surface area contributed by atoms with Gasteiger partial charge in [0.15, 0.2) is 5.11 Å². The first-order valence-electron chi connectivity index (χ1n) is 6.75. The number of thioether (sulfide) groups is 1. The molecule has 2 heterocycles. The minimum atomic E-state index is -0.993. The number of aliphatic carboxylic acids is 1. The van der Waals surface area contributed by atoms with Crippen molar-refractivity contribution in [2.24, 2.45) is 5.92 Å². The Bertz CT molecular complexity index is 687. The van der Waals surface area contributed by atoms with E-state index in [9.17, 15) is 14.7 Å². The lowest BCUT2D eigenvalue weighted by molar-refractivity contribution is -0.132. The number of benzene rings is 1. The van der Waals surface area contributed by atoms with Gasteiger partial charge in [-0.05, 0) is 30.3 Å². The van der Waals surface area contributed by atoms with Crippen LogP contribution in [0.4, 0.5) is 0 Å². The number of amides is 1. The number of hydrogen-bond acceptors (Lipinski definition) is 4. The number of hydrogen-bond donors (Lipinski definition) is 2. The first kappa shape index (κ1) is 15.1. The fourth-order valence-corrected chi connectivity index (χ4v) is 4.34. The maximum Gasteiger partial charge on any atom is 0.342 e. The molecule has 0 spiro atoms. The Morgan fingerprint density at radius 3 is 2.73 bits per heavy atom. The van der Waals surface area contributed by atoms with Crippen LogP contribution in [0.15, 0.2) is 40.8 Å². The monoisotopic (exact) mass is 334 g/mol. The van der Waals surface area contributed by atoms with Gasteiger partial charge in [0.1, 0.15) is 0 Å². The molecule has 2 aliphatic heterocycles. The average Bonchev–Trinajstić information content (AvgIpc) is 2.81. The molecule has 2 aliphatic rings. The van der Waals surface area contributed by atoms with Crippen LogP contribution < -0.4 is 5.32 Å². The number of nitrogens with one attached hydrogen (secondary N) is 1. The van der Waals surface area contributed by atoms with Gasteiger partial charge in [0, 0.05) is 0 Å². The molecule has 1 fully saturated rings. The molecule has 2 atom stereocenters. The van der Waals surface area contributed by atoms with Crippen LogP contribution in [-0.4, -0.2) is 32.4 Å². The predicted octanol–water partition coefficient (Wildman–Crippen LogP) is 1.95. The number of nitrogens with zero attached hydrogens (tertiary/aromatic N) is 1. The highest BCUT2D eigenvalue weighted by molar-refractivity contribution is 8.04. The average molecular weight is 334 g/mol. The molecule has 7 heteroatoms. The lowest BCUT2D eigenvalue weighted by Gasteiger charge is -2.36. The van der Waals surface area contributed by atoms with E-state index < -0.39 is 11.9 Å². The number of fused-ring (bicyclic) bond motifs is 1. The maximum atomic E-state index is 12.8. The quantitative estimate of drug-likeness (QED) is 0.824. The summed E-state index contributed by atoms with van der Waals surface area (Å²) in [5, 5.41) is 12.3. The van der Waals surface area contributed by atoms with Crippen molar-refractivity contribution < 1.29 is 14.7 Å². The van der Waals surface area contributed by atoms with E-state index in [1.165, 1.54) is 4.90 Å². The van der Waals surface area contributed by atoms with E-state index in [2.05, 4.69) is 5.32 Å². The van der Waals surface area contributed by atoms with E-state index in [1.54, 1.807) is 6.92 Å². The summed E-state index contributed by atoms with van der Waals surface area (Å²) < 4.78 is 0. The SMILES string of the molecule is CC1=C(C(=O)O)SC2NC(=S)N(Cc3ccccc3)C(=O)C12. The Morgan fingerprint density at radius 1 is 1.41 bits per heavy atom. The van der Waals surface area contributed by atoms with Crippen molar-refractivity contribution in [1.29, 1.82) is 0 Å². The summed E-state index contributed by atoms with van der Waals surface area (Å²) in [6.07, 6.45) is 0. The maximum absolute atomic E-state index is 12.8. The van der Waals surface area contributed by atoms with Crippen LogP contribution in [0.2, 0.25) is 0 Å². The first-order valence-corrected chi connectivity index (χ1v) is 8.04. The second-order valence-electron chi connectivity index (χ2n) is 5.19. The van der Waals surface area contributed by atoms with Crippen LogP contribution in [0.3, 0.4) is 0 Å². The zero-order chi connectivity index (χ0) is 15.9. The summed E-state index contributed by atoms with van der Waals surface area (Å²) in [5.74, 6) is -1.61. The van der Waals surface area contributed by atoms with Crippen LogP contribution in [0.5, 0.6) is 0 Å². The van der Waals surface area contributed by atoms with Gasteiger partial charge in [-0.2, -0.15) is 0 Å². The van der Waals surface area contributed by atoms with Crippen LogP contribution in [-0.2, 0) is 16.1 Å². The second kappa shape index (κ2) is 5.73. The molecule has 1 saturated heterocycles. The minimum absolute atomic E-state index is 0.140. The predicted molar refractivity (Wildman–Crippen MR) is 87.9 cm³/mol. The highest BCUT2D eigenvalue weighted by Crippen LogP contribution is 2.43. The molecule has 1 aromatic rings. The molecule has 3 rings (SSSR count). The largest absolute Gasteiger partial charge is 0.477 e. The van der Waals surface area contributed by atoms with E-state index in [-0.39, 0.29) is 16.2 Å². The molecule has 0 saturated carbocycles. The van der Waals surface area contributed by atoms with E-state index >= 15 is 0 Å². The van der Waals surface area contributed by atoms with Crippen molar-refractivity contribution in [3.63, 3.8) is 0 Å². The second-order valence-corrected chi connectivity index (χ2v) is 6.73. The summed E-state index contributed by atoms with van der Waals surface area (Å²) in [6, 6.07) is 9.57.